The standard InChI is InChI=1S/C14H20INO3/c1-9-7-12(10(2)19-9)13(18)16-8-14(15)5-3-11(17)4-6-14/h7,11,17H,3-6,8H2,1-2H3,(H,16,18). The zero-order chi connectivity index (χ0) is 14.0. The maximum absolute atomic E-state index is 12.1. The third-order valence-electron chi connectivity index (χ3n) is 3.70. The average molecular weight is 377 g/mol. The Morgan fingerprint density at radius 3 is 2.68 bits per heavy atom. The van der Waals surface area contributed by atoms with E-state index in [0.717, 1.165) is 31.4 Å². The minimum absolute atomic E-state index is 0.0688. The lowest BCUT2D eigenvalue weighted by Gasteiger charge is -2.34. The molecule has 4 nitrogen and oxygen atoms in total. The van der Waals surface area contributed by atoms with Gasteiger partial charge in [0.25, 0.3) is 5.91 Å². The van der Waals surface area contributed by atoms with Gasteiger partial charge in [-0.05, 0) is 45.6 Å². The number of alkyl halides is 1. The Kier molecular flexibility index (Phi) is 4.55. The number of furan rings is 1. The van der Waals surface area contributed by atoms with Crippen LogP contribution in [-0.2, 0) is 0 Å². The largest absolute Gasteiger partial charge is 0.466 e. The van der Waals surface area contributed by atoms with E-state index in [0.29, 0.717) is 17.9 Å². The van der Waals surface area contributed by atoms with Crippen molar-refractivity contribution in [2.24, 2.45) is 0 Å². The normalized spacial score (nSPS) is 27.3. The summed E-state index contributed by atoms with van der Waals surface area (Å²) >= 11 is 2.42. The van der Waals surface area contributed by atoms with Gasteiger partial charge in [-0.2, -0.15) is 0 Å². The molecule has 106 valence electrons. The predicted molar refractivity (Wildman–Crippen MR) is 81.7 cm³/mol. The van der Waals surface area contributed by atoms with Crippen LogP contribution in [0.1, 0.15) is 47.6 Å². The van der Waals surface area contributed by atoms with E-state index in [1.807, 2.05) is 6.92 Å². The molecule has 1 amide bonds. The van der Waals surface area contributed by atoms with Gasteiger partial charge in [-0.25, -0.2) is 0 Å². The summed E-state index contributed by atoms with van der Waals surface area (Å²) in [6.07, 6.45) is 3.36. The fraction of sp³-hybridized carbons (Fsp3) is 0.643. The van der Waals surface area contributed by atoms with Crippen LogP contribution in [0, 0.1) is 13.8 Å². The number of amides is 1. The highest BCUT2D eigenvalue weighted by molar-refractivity contribution is 14.1. The number of hydrogen-bond acceptors (Lipinski definition) is 3. The van der Waals surface area contributed by atoms with Crippen LogP contribution in [0.25, 0.3) is 0 Å². The molecule has 2 rings (SSSR count). The molecule has 0 saturated heterocycles. The SMILES string of the molecule is Cc1cc(C(=O)NCC2(I)CCC(O)CC2)c(C)o1. The fourth-order valence-electron chi connectivity index (χ4n) is 2.49. The van der Waals surface area contributed by atoms with Crippen LogP contribution in [0.4, 0.5) is 0 Å². The maximum atomic E-state index is 12.1. The Bertz CT molecular complexity index is 461. The van der Waals surface area contributed by atoms with Gasteiger partial charge in [-0.3, -0.25) is 4.79 Å². The van der Waals surface area contributed by atoms with Gasteiger partial charge >= 0.3 is 0 Å². The molecule has 0 radical (unpaired) electrons. The lowest BCUT2D eigenvalue weighted by atomic mass is 9.87. The van der Waals surface area contributed by atoms with E-state index in [1.54, 1.807) is 13.0 Å². The number of aliphatic hydroxyl groups excluding tert-OH is 1. The van der Waals surface area contributed by atoms with Crippen LogP contribution in [0.5, 0.6) is 0 Å². The summed E-state index contributed by atoms with van der Waals surface area (Å²) in [6, 6.07) is 1.77. The molecule has 5 heteroatoms. The Labute approximate surface area is 127 Å². The number of aliphatic hydroxyl groups is 1. The van der Waals surface area contributed by atoms with Gasteiger partial charge in [0.05, 0.1) is 11.7 Å². The molecule has 1 saturated carbocycles. The van der Waals surface area contributed by atoms with E-state index in [-0.39, 0.29) is 15.4 Å². The molecular weight excluding hydrogens is 357 g/mol. The lowest BCUT2D eigenvalue weighted by Crippen LogP contribution is -2.41. The van der Waals surface area contributed by atoms with Crippen molar-refractivity contribution < 1.29 is 14.3 Å². The first-order chi connectivity index (χ1) is 8.89. The third-order valence-corrected chi connectivity index (χ3v) is 5.16. The lowest BCUT2D eigenvalue weighted by molar-refractivity contribution is 0.0932. The molecule has 0 aromatic carbocycles. The number of carbonyl (C=O) groups is 1. The highest BCUT2D eigenvalue weighted by Gasteiger charge is 2.32. The highest BCUT2D eigenvalue weighted by Crippen LogP contribution is 2.36. The van der Waals surface area contributed by atoms with Crippen molar-refractivity contribution in [1.82, 2.24) is 5.32 Å². The van der Waals surface area contributed by atoms with Gasteiger partial charge in [0.2, 0.25) is 0 Å². The smallest absolute Gasteiger partial charge is 0.254 e. The molecule has 1 aromatic heterocycles. The third kappa shape index (κ3) is 3.72. The van der Waals surface area contributed by atoms with E-state index in [2.05, 4.69) is 27.9 Å². The number of hydrogen-bond donors (Lipinski definition) is 2. The molecule has 0 unspecified atom stereocenters. The summed E-state index contributed by atoms with van der Waals surface area (Å²) in [5.74, 6) is 1.35. The second-order valence-electron chi connectivity index (χ2n) is 5.39. The molecule has 0 bridgehead atoms. The van der Waals surface area contributed by atoms with Crippen molar-refractivity contribution in [2.45, 2.75) is 49.1 Å². The van der Waals surface area contributed by atoms with Crippen LogP contribution in [0.15, 0.2) is 10.5 Å². The molecule has 19 heavy (non-hydrogen) atoms. The highest BCUT2D eigenvalue weighted by atomic mass is 127. The van der Waals surface area contributed by atoms with Crippen molar-refractivity contribution >= 4 is 28.5 Å². The molecule has 0 aliphatic heterocycles. The van der Waals surface area contributed by atoms with Gasteiger partial charge in [0.15, 0.2) is 0 Å². The van der Waals surface area contributed by atoms with Crippen LogP contribution in [0.2, 0.25) is 0 Å². The van der Waals surface area contributed by atoms with Gasteiger partial charge < -0.3 is 14.8 Å². The second-order valence-corrected chi connectivity index (χ2v) is 7.68. The molecule has 1 aliphatic carbocycles. The zero-order valence-electron chi connectivity index (χ0n) is 11.3. The first-order valence-electron chi connectivity index (χ1n) is 6.62. The molecular formula is C14H20INO3. The van der Waals surface area contributed by atoms with Crippen molar-refractivity contribution in [2.75, 3.05) is 6.54 Å². The van der Waals surface area contributed by atoms with E-state index < -0.39 is 0 Å². The van der Waals surface area contributed by atoms with Crippen molar-refractivity contribution in [3.8, 4) is 0 Å². The predicted octanol–water partition coefficient (Wildman–Crippen LogP) is 2.73. The summed E-state index contributed by atoms with van der Waals surface area (Å²) in [5.41, 5.74) is 0.619. The first kappa shape index (κ1) is 14.8. The molecule has 1 fully saturated rings. The van der Waals surface area contributed by atoms with Gasteiger partial charge in [0, 0.05) is 9.97 Å². The Morgan fingerprint density at radius 2 is 2.16 bits per heavy atom. The minimum Gasteiger partial charge on any atom is -0.466 e. The average Bonchev–Trinajstić information content (AvgIpc) is 2.70. The number of rotatable bonds is 3. The molecule has 0 atom stereocenters. The van der Waals surface area contributed by atoms with Crippen LogP contribution in [0.3, 0.4) is 0 Å². The zero-order valence-corrected chi connectivity index (χ0v) is 13.5. The number of carbonyl (C=O) groups excluding carboxylic acids is 1. The number of nitrogens with one attached hydrogen (secondary N) is 1. The van der Waals surface area contributed by atoms with E-state index in [1.165, 1.54) is 0 Å². The van der Waals surface area contributed by atoms with E-state index in [4.69, 9.17) is 4.42 Å². The molecule has 1 aromatic rings. The summed E-state index contributed by atoms with van der Waals surface area (Å²) in [7, 11) is 0. The molecule has 0 spiro atoms. The summed E-state index contributed by atoms with van der Waals surface area (Å²) in [5, 5.41) is 12.5. The Hall–Kier alpha value is -0.560. The summed E-state index contributed by atoms with van der Waals surface area (Å²) in [4.78, 5) is 12.1. The van der Waals surface area contributed by atoms with Gasteiger partial charge in [0.1, 0.15) is 11.5 Å². The van der Waals surface area contributed by atoms with Crippen LogP contribution in [-0.4, -0.2) is 27.1 Å². The van der Waals surface area contributed by atoms with Crippen molar-refractivity contribution in [3.05, 3.63) is 23.2 Å². The molecule has 1 aliphatic rings. The number of aryl methyl sites for hydroxylation is 2. The monoisotopic (exact) mass is 377 g/mol. The quantitative estimate of drug-likeness (QED) is 0.629. The van der Waals surface area contributed by atoms with Gasteiger partial charge in [-0.15, -0.1) is 0 Å². The Morgan fingerprint density at radius 1 is 1.53 bits per heavy atom. The maximum Gasteiger partial charge on any atom is 0.254 e. The van der Waals surface area contributed by atoms with E-state index >= 15 is 0 Å². The Balaban J connectivity index is 1.92. The van der Waals surface area contributed by atoms with Crippen LogP contribution >= 0.6 is 22.6 Å². The summed E-state index contributed by atoms with van der Waals surface area (Å²) < 4.78 is 5.44. The van der Waals surface area contributed by atoms with Crippen molar-refractivity contribution in [3.63, 3.8) is 0 Å². The van der Waals surface area contributed by atoms with E-state index in [9.17, 15) is 9.90 Å². The number of halogens is 1. The molecule has 1 heterocycles. The topological polar surface area (TPSA) is 62.5 Å². The molecule has 2 N–H and O–H groups in total. The first-order valence-corrected chi connectivity index (χ1v) is 7.70. The second kappa shape index (κ2) is 5.83. The van der Waals surface area contributed by atoms with Crippen LogP contribution < -0.4 is 5.32 Å². The van der Waals surface area contributed by atoms with Gasteiger partial charge in [-0.1, -0.05) is 22.6 Å². The van der Waals surface area contributed by atoms with Crippen molar-refractivity contribution in [1.29, 1.82) is 0 Å². The minimum atomic E-state index is -0.169. The fourth-order valence-corrected chi connectivity index (χ4v) is 3.30. The summed E-state index contributed by atoms with van der Waals surface area (Å²) in [6.45, 7) is 4.29.